The Balaban J connectivity index is 1.70. The molecule has 4 nitrogen and oxygen atoms in total. The molecule has 1 aromatic heterocycles. The lowest BCUT2D eigenvalue weighted by atomic mass is 9.77. The molecule has 2 unspecified atom stereocenters. The van der Waals surface area contributed by atoms with Crippen molar-refractivity contribution in [1.29, 1.82) is 0 Å². The van der Waals surface area contributed by atoms with Gasteiger partial charge in [0.25, 0.3) is 0 Å². The van der Waals surface area contributed by atoms with E-state index in [1.165, 1.54) is 11.1 Å². The molecule has 0 spiro atoms. The molecular weight excluding hydrogens is 240 g/mol. The monoisotopic (exact) mass is 258 g/mol. The lowest BCUT2D eigenvalue weighted by molar-refractivity contribution is 0.151. The second-order valence-corrected chi connectivity index (χ2v) is 5.15. The second kappa shape index (κ2) is 5.13. The van der Waals surface area contributed by atoms with Gasteiger partial charge in [0.2, 0.25) is 5.89 Å². The number of nitrogens with zero attached hydrogens (tertiary/aromatic N) is 2. The fourth-order valence-electron chi connectivity index (χ4n) is 2.62. The van der Waals surface area contributed by atoms with E-state index >= 15 is 0 Å². The summed E-state index contributed by atoms with van der Waals surface area (Å²) in [6.45, 7) is 2.05. The second-order valence-electron chi connectivity index (χ2n) is 5.15. The minimum absolute atomic E-state index is 0.261. The van der Waals surface area contributed by atoms with Crippen LogP contribution in [0.4, 0.5) is 0 Å². The van der Waals surface area contributed by atoms with Crippen molar-refractivity contribution in [2.24, 2.45) is 0 Å². The first kappa shape index (κ1) is 12.4. The Hall–Kier alpha value is -1.68. The number of aliphatic hydroxyl groups excluding tert-OH is 1. The third kappa shape index (κ3) is 2.40. The Labute approximate surface area is 112 Å². The van der Waals surface area contributed by atoms with Gasteiger partial charge in [0, 0.05) is 0 Å². The van der Waals surface area contributed by atoms with E-state index in [-0.39, 0.29) is 12.0 Å². The van der Waals surface area contributed by atoms with Gasteiger partial charge in [-0.25, -0.2) is 0 Å². The van der Waals surface area contributed by atoms with Crippen LogP contribution in [0.2, 0.25) is 0 Å². The predicted molar refractivity (Wildman–Crippen MR) is 70.9 cm³/mol. The number of hydrogen-bond donors (Lipinski definition) is 1. The van der Waals surface area contributed by atoms with Crippen molar-refractivity contribution in [3.8, 4) is 0 Å². The van der Waals surface area contributed by atoms with Gasteiger partial charge in [-0.1, -0.05) is 42.8 Å². The Morgan fingerprint density at radius 2 is 2.26 bits per heavy atom. The van der Waals surface area contributed by atoms with Crippen molar-refractivity contribution in [3.63, 3.8) is 0 Å². The maximum atomic E-state index is 9.75. The molecule has 2 aromatic rings. The van der Waals surface area contributed by atoms with Crippen molar-refractivity contribution < 1.29 is 9.63 Å². The molecule has 1 aliphatic carbocycles. The molecule has 4 heteroatoms. The van der Waals surface area contributed by atoms with Crippen LogP contribution in [0.5, 0.6) is 0 Å². The van der Waals surface area contributed by atoms with Crippen LogP contribution in [0.25, 0.3) is 0 Å². The Kier molecular flexibility index (Phi) is 3.34. The van der Waals surface area contributed by atoms with E-state index in [0.29, 0.717) is 12.3 Å². The maximum absolute atomic E-state index is 9.75. The molecule has 2 atom stereocenters. The molecule has 0 bridgehead atoms. The summed E-state index contributed by atoms with van der Waals surface area (Å²) >= 11 is 0. The zero-order chi connectivity index (χ0) is 13.2. The van der Waals surface area contributed by atoms with Gasteiger partial charge in [0.1, 0.15) is 0 Å². The topological polar surface area (TPSA) is 59.2 Å². The van der Waals surface area contributed by atoms with Crippen LogP contribution < -0.4 is 0 Å². The van der Waals surface area contributed by atoms with Crippen molar-refractivity contribution in [1.82, 2.24) is 10.1 Å². The number of aromatic nitrogens is 2. The third-order valence-electron chi connectivity index (χ3n) is 3.68. The summed E-state index contributed by atoms with van der Waals surface area (Å²) < 4.78 is 5.23. The molecule has 0 aliphatic heterocycles. The molecule has 100 valence electrons. The van der Waals surface area contributed by atoms with Crippen LogP contribution in [-0.2, 0) is 12.8 Å². The van der Waals surface area contributed by atoms with Crippen molar-refractivity contribution in [2.75, 3.05) is 0 Å². The quantitative estimate of drug-likeness (QED) is 0.895. The SMILES string of the molecule is CCCC(O)Cc1nc(C2Cc3ccccc32)no1. The third-order valence-corrected chi connectivity index (χ3v) is 3.68. The van der Waals surface area contributed by atoms with Gasteiger partial charge in [-0.3, -0.25) is 0 Å². The standard InChI is InChI=1S/C15H18N2O2/c1-2-5-11(18)9-14-16-15(17-19-14)13-8-10-6-3-4-7-12(10)13/h3-4,6-7,11,13,18H,2,5,8-9H2,1H3. The van der Waals surface area contributed by atoms with E-state index in [9.17, 15) is 5.11 Å². The van der Waals surface area contributed by atoms with E-state index in [1.54, 1.807) is 0 Å². The summed E-state index contributed by atoms with van der Waals surface area (Å²) in [5, 5.41) is 13.8. The summed E-state index contributed by atoms with van der Waals surface area (Å²) in [4.78, 5) is 4.42. The summed E-state index contributed by atoms with van der Waals surface area (Å²) in [6, 6.07) is 8.35. The fourth-order valence-corrected chi connectivity index (χ4v) is 2.62. The first-order valence-corrected chi connectivity index (χ1v) is 6.86. The van der Waals surface area contributed by atoms with Gasteiger partial charge in [0.15, 0.2) is 5.82 Å². The summed E-state index contributed by atoms with van der Waals surface area (Å²) in [6.07, 6.45) is 2.77. The van der Waals surface area contributed by atoms with Gasteiger partial charge in [-0.15, -0.1) is 0 Å². The highest BCUT2D eigenvalue weighted by molar-refractivity contribution is 5.43. The van der Waals surface area contributed by atoms with E-state index in [1.807, 2.05) is 13.0 Å². The van der Waals surface area contributed by atoms with E-state index in [4.69, 9.17) is 4.52 Å². The summed E-state index contributed by atoms with van der Waals surface area (Å²) in [5.74, 6) is 1.55. The number of rotatable bonds is 5. The van der Waals surface area contributed by atoms with Crippen molar-refractivity contribution >= 4 is 0 Å². The number of aliphatic hydroxyl groups is 1. The summed E-state index contributed by atoms with van der Waals surface area (Å²) in [7, 11) is 0. The lowest BCUT2D eigenvalue weighted by Gasteiger charge is -2.27. The molecule has 1 aliphatic rings. The van der Waals surface area contributed by atoms with Crippen LogP contribution in [0.3, 0.4) is 0 Å². The van der Waals surface area contributed by atoms with E-state index in [2.05, 4.69) is 28.3 Å². The highest BCUT2D eigenvalue weighted by Gasteiger charge is 2.31. The van der Waals surface area contributed by atoms with Crippen LogP contribution in [0, 0.1) is 0 Å². The average molecular weight is 258 g/mol. The summed E-state index contributed by atoms with van der Waals surface area (Å²) in [5.41, 5.74) is 2.66. The first-order valence-electron chi connectivity index (χ1n) is 6.86. The Bertz CT molecular complexity index is 565. The van der Waals surface area contributed by atoms with Crippen LogP contribution in [-0.4, -0.2) is 21.4 Å². The van der Waals surface area contributed by atoms with Gasteiger partial charge >= 0.3 is 0 Å². The number of fused-ring (bicyclic) bond motifs is 1. The molecule has 19 heavy (non-hydrogen) atoms. The molecule has 0 radical (unpaired) electrons. The Morgan fingerprint density at radius 3 is 3.05 bits per heavy atom. The molecular formula is C15H18N2O2. The first-order chi connectivity index (χ1) is 9.28. The highest BCUT2D eigenvalue weighted by atomic mass is 16.5. The van der Waals surface area contributed by atoms with Crippen molar-refractivity contribution in [2.45, 2.75) is 44.6 Å². The van der Waals surface area contributed by atoms with E-state index in [0.717, 1.165) is 25.1 Å². The van der Waals surface area contributed by atoms with Crippen LogP contribution in [0.1, 0.15) is 48.5 Å². The van der Waals surface area contributed by atoms with Crippen LogP contribution in [0.15, 0.2) is 28.8 Å². The van der Waals surface area contributed by atoms with Gasteiger partial charge < -0.3 is 9.63 Å². The molecule has 1 heterocycles. The zero-order valence-corrected chi connectivity index (χ0v) is 11.0. The van der Waals surface area contributed by atoms with Crippen molar-refractivity contribution in [3.05, 3.63) is 47.1 Å². The average Bonchev–Trinajstić information content (AvgIpc) is 2.79. The molecule has 0 saturated heterocycles. The van der Waals surface area contributed by atoms with E-state index < -0.39 is 0 Å². The Morgan fingerprint density at radius 1 is 1.42 bits per heavy atom. The smallest absolute Gasteiger partial charge is 0.229 e. The minimum Gasteiger partial charge on any atom is -0.393 e. The molecule has 1 aromatic carbocycles. The molecule has 0 saturated carbocycles. The lowest BCUT2D eigenvalue weighted by Crippen LogP contribution is -2.19. The predicted octanol–water partition coefficient (Wildman–Crippen LogP) is 2.46. The molecule has 3 rings (SSSR count). The normalized spacial score (nSPS) is 18.7. The molecule has 1 N–H and O–H groups in total. The largest absolute Gasteiger partial charge is 0.393 e. The molecule has 0 amide bonds. The zero-order valence-electron chi connectivity index (χ0n) is 11.0. The van der Waals surface area contributed by atoms with Crippen LogP contribution >= 0.6 is 0 Å². The molecule has 0 fully saturated rings. The highest BCUT2D eigenvalue weighted by Crippen LogP contribution is 2.38. The number of benzene rings is 1. The minimum atomic E-state index is -0.382. The van der Waals surface area contributed by atoms with Gasteiger partial charge in [-0.2, -0.15) is 4.98 Å². The van der Waals surface area contributed by atoms with Gasteiger partial charge in [-0.05, 0) is 24.0 Å². The maximum Gasteiger partial charge on any atom is 0.229 e. The fraction of sp³-hybridized carbons (Fsp3) is 0.467. The van der Waals surface area contributed by atoms with Gasteiger partial charge in [0.05, 0.1) is 18.4 Å². The number of hydrogen-bond acceptors (Lipinski definition) is 4.